The molecule has 2 aromatic heterocycles. The molecule has 102 valence electrons. The van der Waals surface area contributed by atoms with Gasteiger partial charge < -0.3 is 9.88 Å². The lowest BCUT2D eigenvalue weighted by Gasteiger charge is -2.09. The summed E-state index contributed by atoms with van der Waals surface area (Å²) in [5, 5.41) is 0. The Bertz CT molecular complexity index is 760. The van der Waals surface area contributed by atoms with Crippen LogP contribution in [0.5, 0.6) is 0 Å². The van der Waals surface area contributed by atoms with Crippen LogP contribution >= 0.6 is 31.9 Å². The number of hydrogen-bond acceptors (Lipinski definition) is 3. The molecular formula is C14H12Br2N4. The van der Waals surface area contributed by atoms with E-state index >= 15 is 0 Å². The van der Waals surface area contributed by atoms with Crippen LogP contribution in [0.3, 0.4) is 0 Å². The fourth-order valence-corrected chi connectivity index (χ4v) is 3.25. The molecule has 0 aliphatic heterocycles. The fraction of sp³-hybridized carbons (Fsp3) is 0.143. The Kier molecular flexibility index (Phi) is 3.52. The van der Waals surface area contributed by atoms with Crippen molar-refractivity contribution in [2.24, 2.45) is 0 Å². The second-order valence-corrected chi connectivity index (χ2v) is 6.51. The maximum atomic E-state index is 4.57. The number of imidazole rings is 1. The summed E-state index contributed by atoms with van der Waals surface area (Å²) in [6, 6.07) is 10.0. The van der Waals surface area contributed by atoms with Gasteiger partial charge in [0.05, 0.1) is 5.52 Å². The van der Waals surface area contributed by atoms with Crippen molar-refractivity contribution in [1.29, 1.82) is 0 Å². The van der Waals surface area contributed by atoms with Crippen molar-refractivity contribution in [3.8, 4) is 11.4 Å². The van der Waals surface area contributed by atoms with Crippen LogP contribution in [-0.2, 0) is 0 Å². The molecule has 3 aromatic rings. The number of benzene rings is 1. The molecule has 6 heteroatoms. The molecule has 0 bridgehead atoms. The number of rotatable bonds is 2. The zero-order valence-corrected chi connectivity index (χ0v) is 14.2. The molecule has 2 heterocycles. The minimum atomic E-state index is 0.724. The fourth-order valence-electron chi connectivity index (χ4n) is 1.96. The molecule has 4 nitrogen and oxygen atoms in total. The monoisotopic (exact) mass is 394 g/mol. The van der Waals surface area contributed by atoms with E-state index in [1.165, 1.54) is 0 Å². The van der Waals surface area contributed by atoms with Crippen LogP contribution in [0.2, 0.25) is 0 Å². The first-order valence-corrected chi connectivity index (χ1v) is 7.62. The van der Waals surface area contributed by atoms with Crippen molar-refractivity contribution in [1.82, 2.24) is 15.0 Å². The predicted molar refractivity (Wildman–Crippen MR) is 89.1 cm³/mol. The molecule has 1 N–H and O–H groups in total. The number of halogens is 2. The third-order valence-electron chi connectivity index (χ3n) is 2.93. The van der Waals surface area contributed by atoms with Gasteiger partial charge in [0.1, 0.15) is 11.6 Å². The van der Waals surface area contributed by atoms with Gasteiger partial charge in [-0.3, -0.25) is 0 Å². The van der Waals surface area contributed by atoms with Crippen molar-refractivity contribution in [3.05, 3.63) is 39.3 Å². The van der Waals surface area contributed by atoms with Crippen LogP contribution in [0, 0.1) is 0 Å². The first kappa shape index (κ1) is 13.6. The highest BCUT2D eigenvalue weighted by Gasteiger charge is 2.09. The molecule has 0 saturated heterocycles. The van der Waals surface area contributed by atoms with Gasteiger partial charge in [0.2, 0.25) is 0 Å². The second kappa shape index (κ2) is 5.18. The van der Waals surface area contributed by atoms with Crippen LogP contribution < -0.4 is 4.90 Å². The molecule has 0 radical (unpaired) electrons. The smallest absolute Gasteiger partial charge is 0.180 e. The second-order valence-electron chi connectivity index (χ2n) is 4.68. The summed E-state index contributed by atoms with van der Waals surface area (Å²) in [6.07, 6.45) is 0. The number of aromatic amines is 1. The molecule has 0 unspecified atom stereocenters. The molecule has 1 aromatic carbocycles. The highest BCUT2D eigenvalue weighted by atomic mass is 79.9. The molecule has 0 aliphatic carbocycles. The Labute approximate surface area is 133 Å². The molecule has 0 amide bonds. The van der Waals surface area contributed by atoms with E-state index in [2.05, 4.69) is 46.8 Å². The molecule has 0 atom stereocenters. The lowest BCUT2D eigenvalue weighted by molar-refractivity contribution is 1.08. The van der Waals surface area contributed by atoms with Crippen LogP contribution in [0.15, 0.2) is 39.3 Å². The van der Waals surface area contributed by atoms with Crippen LogP contribution in [0.25, 0.3) is 22.6 Å². The number of fused-ring (bicyclic) bond motifs is 1. The third-order valence-corrected chi connectivity index (χ3v) is 3.84. The van der Waals surface area contributed by atoms with Crippen LogP contribution in [-0.4, -0.2) is 29.0 Å². The number of H-pyrrole nitrogens is 1. The normalized spacial score (nSPS) is 11.0. The molecule has 3 rings (SSSR count). The third kappa shape index (κ3) is 2.58. The summed E-state index contributed by atoms with van der Waals surface area (Å²) in [5.74, 6) is 1.70. The minimum absolute atomic E-state index is 0.724. The SMILES string of the molecule is CN(C)c1ccc2[nH]c(-c3cc(Br)cc(Br)c3)nc2n1. The summed E-state index contributed by atoms with van der Waals surface area (Å²) in [6.45, 7) is 0. The summed E-state index contributed by atoms with van der Waals surface area (Å²) in [4.78, 5) is 14.4. The molecular weight excluding hydrogens is 384 g/mol. The highest BCUT2D eigenvalue weighted by molar-refractivity contribution is 9.11. The Morgan fingerprint density at radius 1 is 1.00 bits per heavy atom. The zero-order chi connectivity index (χ0) is 14.3. The standard InChI is InChI=1S/C14H12Br2N4/c1-20(2)12-4-3-11-14(18-12)19-13(17-11)8-5-9(15)7-10(16)6-8/h3-7H,1-2H3,(H,17,18,19). The number of pyridine rings is 1. The Hall–Kier alpha value is -1.40. The largest absolute Gasteiger partial charge is 0.363 e. The van der Waals surface area contributed by atoms with E-state index in [4.69, 9.17) is 0 Å². The van der Waals surface area contributed by atoms with Crippen molar-refractivity contribution in [2.45, 2.75) is 0 Å². The number of nitrogens with zero attached hydrogens (tertiary/aromatic N) is 3. The zero-order valence-electron chi connectivity index (χ0n) is 11.0. The predicted octanol–water partition coefficient (Wildman–Crippen LogP) is 4.22. The van der Waals surface area contributed by atoms with E-state index in [0.717, 1.165) is 37.3 Å². The molecule has 20 heavy (non-hydrogen) atoms. The van der Waals surface area contributed by atoms with Crippen molar-refractivity contribution >= 4 is 48.8 Å². The van der Waals surface area contributed by atoms with Gasteiger partial charge in [0.25, 0.3) is 0 Å². The van der Waals surface area contributed by atoms with Crippen molar-refractivity contribution < 1.29 is 0 Å². The average Bonchev–Trinajstić information content (AvgIpc) is 2.80. The van der Waals surface area contributed by atoms with E-state index in [0.29, 0.717) is 0 Å². The van der Waals surface area contributed by atoms with E-state index in [1.807, 2.05) is 49.3 Å². The van der Waals surface area contributed by atoms with E-state index in [-0.39, 0.29) is 0 Å². The van der Waals surface area contributed by atoms with Crippen LogP contribution in [0.4, 0.5) is 5.82 Å². The molecule has 0 spiro atoms. The minimum Gasteiger partial charge on any atom is -0.363 e. The van der Waals surface area contributed by atoms with Gasteiger partial charge >= 0.3 is 0 Å². The number of aromatic nitrogens is 3. The van der Waals surface area contributed by atoms with Gasteiger partial charge in [-0.1, -0.05) is 31.9 Å². The van der Waals surface area contributed by atoms with Crippen molar-refractivity contribution in [3.63, 3.8) is 0 Å². The summed E-state index contributed by atoms with van der Waals surface area (Å²) in [5.41, 5.74) is 2.67. The van der Waals surface area contributed by atoms with E-state index in [1.54, 1.807) is 0 Å². The molecule has 0 saturated carbocycles. The summed E-state index contributed by atoms with van der Waals surface area (Å²) >= 11 is 6.98. The molecule has 0 aliphatic rings. The lowest BCUT2D eigenvalue weighted by Crippen LogP contribution is -2.10. The van der Waals surface area contributed by atoms with Crippen molar-refractivity contribution in [2.75, 3.05) is 19.0 Å². The first-order chi connectivity index (χ1) is 9.52. The topological polar surface area (TPSA) is 44.8 Å². The molecule has 0 fully saturated rings. The highest BCUT2D eigenvalue weighted by Crippen LogP contribution is 2.27. The van der Waals surface area contributed by atoms with Gasteiger partial charge in [0.15, 0.2) is 5.65 Å². The summed E-state index contributed by atoms with van der Waals surface area (Å²) < 4.78 is 2.01. The van der Waals surface area contributed by atoms with E-state index < -0.39 is 0 Å². The number of anilines is 1. The number of nitrogens with one attached hydrogen (secondary N) is 1. The Balaban J connectivity index is 2.12. The van der Waals surface area contributed by atoms with Gasteiger partial charge in [-0.15, -0.1) is 0 Å². The maximum absolute atomic E-state index is 4.57. The quantitative estimate of drug-likeness (QED) is 0.706. The maximum Gasteiger partial charge on any atom is 0.180 e. The Morgan fingerprint density at radius 3 is 2.35 bits per heavy atom. The Morgan fingerprint density at radius 2 is 1.70 bits per heavy atom. The lowest BCUT2D eigenvalue weighted by atomic mass is 10.2. The van der Waals surface area contributed by atoms with Gasteiger partial charge in [0, 0.05) is 28.6 Å². The van der Waals surface area contributed by atoms with E-state index in [9.17, 15) is 0 Å². The number of hydrogen-bond donors (Lipinski definition) is 1. The van der Waals surface area contributed by atoms with Crippen LogP contribution in [0.1, 0.15) is 0 Å². The average molecular weight is 396 g/mol. The first-order valence-electron chi connectivity index (χ1n) is 6.03. The summed E-state index contributed by atoms with van der Waals surface area (Å²) in [7, 11) is 3.93. The van der Waals surface area contributed by atoms with Gasteiger partial charge in [-0.25, -0.2) is 9.97 Å². The van der Waals surface area contributed by atoms with Gasteiger partial charge in [-0.05, 0) is 30.3 Å². The van der Waals surface area contributed by atoms with Gasteiger partial charge in [-0.2, -0.15) is 0 Å².